The number of rotatable bonds is 1. The summed E-state index contributed by atoms with van der Waals surface area (Å²) in [6.07, 6.45) is 1.28. The van der Waals surface area contributed by atoms with Gasteiger partial charge in [-0.05, 0) is 12.5 Å². The predicted octanol–water partition coefficient (Wildman–Crippen LogP) is 1.10. The Labute approximate surface area is 47.0 Å². The van der Waals surface area contributed by atoms with Crippen LogP contribution in [0.25, 0.3) is 5.57 Å². The zero-order valence-corrected chi connectivity index (χ0v) is 4.59. The summed E-state index contributed by atoms with van der Waals surface area (Å²) in [6.45, 7) is 5.44. The molecule has 0 atom stereocenters. The molecule has 1 aromatic heterocycles. The number of allylic oxidation sites excluding steroid dienone is 1. The van der Waals surface area contributed by atoms with E-state index < -0.39 is 0 Å². The number of nitrogens with zero attached hydrogens (tertiary/aromatic N) is 2. The van der Waals surface area contributed by atoms with Crippen LogP contribution in [0, 0.1) is 0 Å². The van der Waals surface area contributed by atoms with Gasteiger partial charge in [0.25, 0.3) is 0 Å². The summed E-state index contributed by atoms with van der Waals surface area (Å²) in [5.41, 5.74) is 0.818. The topological polar surface area (TPSA) is 38.9 Å². The molecular weight excluding hydrogens is 104 g/mol. The van der Waals surface area contributed by atoms with Crippen molar-refractivity contribution in [1.82, 2.24) is 10.1 Å². The van der Waals surface area contributed by atoms with Gasteiger partial charge in [0.05, 0.1) is 0 Å². The highest BCUT2D eigenvalue weighted by Gasteiger charge is 1.94. The first kappa shape index (κ1) is 5.03. The number of hydrogen-bond acceptors (Lipinski definition) is 3. The summed E-state index contributed by atoms with van der Waals surface area (Å²) in [5.74, 6) is 0.574. The molecule has 1 aromatic rings. The maximum atomic E-state index is 4.45. The summed E-state index contributed by atoms with van der Waals surface area (Å²) < 4.78 is 4.45. The lowest BCUT2D eigenvalue weighted by Gasteiger charge is -1.81. The second-order valence-electron chi connectivity index (χ2n) is 1.54. The van der Waals surface area contributed by atoms with Crippen LogP contribution in [0.1, 0.15) is 12.7 Å². The van der Waals surface area contributed by atoms with Gasteiger partial charge in [0.1, 0.15) is 0 Å². The van der Waals surface area contributed by atoms with Crippen LogP contribution in [0.5, 0.6) is 0 Å². The van der Waals surface area contributed by atoms with E-state index in [1.165, 1.54) is 6.39 Å². The van der Waals surface area contributed by atoms with Crippen molar-refractivity contribution in [3.63, 3.8) is 0 Å². The van der Waals surface area contributed by atoms with Crippen molar-refractivity contribution >= 4 is 5.57 Å². The zero-order chi connectivity index (χ0) is 5.98. The SMILES string of the molecule is C=C(C)c1ncon1. The minimum atomic E-state index is 0.574. The van der Waals surface area contributed by atoms with Crippen LogP contribution >= 0.6 is 0 Å². The molecule has 0 aliphatic heterocycles. The highest BCUT2D eigenvalue weighted by Crippen LogP contribution is 2.01. The van der Waals surface area contributed by atoms with Crippen LogP contribution in [-0.4, -0.2) is 10.1 Å². The normalized spacial score (nSPS) is 9.12. The fourth-order valence-electron chi connectivity index (χ4n) is 0.359. The van der Waals surface area contributed by atoms with Gasteiger partial charge in [-0.15, -0.1) is 0 Å². The molecule has 0 amide bonds. The lowest BCUT2D eigenvalue weighted by molar-refractivity contribution is 0.415. The average molecular weight is 110 g/mol. The van der Waals surface area contributed by atoms with Crippen LogP contribution in [0.4, 0.5) is 0 Å². The van der Waals surface area contributed by atoms with Crippen molar-refractivity contribution in [3.05, 3.63) is 18.8 Å². The Morgan fingerprint density at radius 1 is 1.88 bits per heavy atom. The number of hydrogen-bond donors (Lipinski definition) is 0. The third-order valence-electron chi connectivity index (χ3n) is 0.743. The average Bonchev–Trinajstić information content (AvgIpc) is 2.12. The van der Waals surface area contributed by atoms with Crippen LogP contribution in [0.15, 0.2) is 17.5 Å². The standard InChI is InChI=1S/C5H6N2O/c1-4(2)5-6-3-8-7-5/h3H,1H2,2H3. The molecule has 8 heavy (non-hydrogen) atoms. The highest BCUT2D eigenvalue weighted by molar-refractivity contribution is 5.52. The highest BCUT2D eigenvalue weighted by atomic mass is 16.5. The first-order chi connectivity index (χ1) is 3.80. The summed E-state index contributed by atoms with van der Waals surface area (Å²) in [7, 11) is 0. The molecule has 0 N–H and O–H groups in total. The monoisotopic (exact) mass is 110 g/mol. The molecule has 0 spiro atoms. The Morgan fingerprint density at radius 2 is 2.62 bits per heavy atom. The van der Waals surface area contributed by atoms with Gasteiger partial charge in [-0.1, -0.05) is 11.7 Å². The van der Waals surface area contributed by atoms with Crippen LogP contribution in [0.2, 0.25) is 0 Å². The second-order valence-corrected chi connectivity index (χ2v) is 1.54. The maximum absolute atomic E-state index is 4.45. The smallest absolute Gasteiger partial charge is 0.214 e. The van der Waals surface area contributed by atoms with Crippen molar-refractivity contribution < 1.29 is 4.52 Å². The molecule has 0 fully saturated rings. The van der Waals surface area contributed by atoms with E-state index in [-0.39, 0.29) is 0 Å². The largest absolute Gasteiger partial charge is 0.342 e. The molecule has 3 nitrogen and oxygen atoms in total. The molecule has 0 saturated carbocycles. The molecule has 3 heteroatoms. The van der Waals surface area contributed by atoms with Crippen molar-refractivity contribution in [2.45, 2.75) is 6.92 Å². The van der Waals surface area contributed by atoms with E-state index in [1.54, 1.807) is 0 Å². The van der Waals surface area contributed by atoms with Crippen molar-refractivity contribution in [3.8, 4) is 0 Å². The first-order valence-corrected chi connectivity index (χ1v) is 2.23. The van der Waals surface area contributed by atoms with E-state index in [9.17, 15) is 0 Å². The molecule has 1 heterocycles. The third kappa shape index (κ3) is 0.753. The van der Waals surface area contributed by atoms with Crippen LogP contribution in [0.3, 0.4) is 0 Å². The Bertz CT molecular complexity index is 178. The van der Waals surface area contributed by atoms with Gasteiger partial charge in [-0.3, -0.25) is 0 Å². The van der Waals surface area contributed by atoms with E-state index in [0.29, 0.717) is 5.82 Å². The van der Waals surface area contributed by atoms with Gasteiger partial charge >= 0.3 is 0 Å². The summed E-state index contributed by atoms with van der Waals surface area (Å²) in [5, 5.41) is 3.53. The first-order valence-electron chi connectivity index (χ1n) is 2.23. The fourth-order valence-corrected chi connectivity index (χ4v) is 0.359. The molecular formula is C5H6N2O. The Hall–Kier alpha value is -1.12. The molecule has 0 unspecified atom stereocenters. The number of aromatic nitrogens is 2. The van der Waals surface area contributed by atoms with Crippen molar-refractivity contribution in [1.29, 1.82) is 0 Å². The van der Waals surface area contributed by atoms with E-state index in [0.717, 1.165) is 5.57 Å². The fraction of sp³-hybridized carbons (Fsp3) is 0.200. The lowest BCUT2D eigenvalue weighted by Crippen LogP contribution is -1.77. The van der Waals surface area contributed by atoms with Gasteiger partial charge in [0.2, 0.25) is 6.39 Å². The van der Waals surface area contributed by atoms with Crippen LogP contribution in [-0.2, 0) is 0 Å². The van der Waals surface area contributed by atoms with E-state index in [2.05, 4.69) is 21.2 Å². The van der Waals surface area contributed by atoms with Crippen molar-refractivity contribution in [2.75, 3.05) is 0 Å². The zero-order valence-electron chi connectivity index (χ0n) is 4.59. The quantitative estimate of drug-likeness (QED) is 0.543. The summed E-state index contributed by atoms with van der Waals surface area (Å²) in [6, 6.07) is 0. The van der Waals surface area contributed by atoms with Gasteiger partial charge in [0.15, 0.2) is 5.82 Å². The summed E-state index contributed by atoms with van der Waals surface area (Å²) >= 11 is 0. The van der Waals surface area contributed by atoms with Crippen LogP contribution < -0.4 is 0 Å². The van der Waals surface area contributed by atoms with Gasteiger partial charge in [-0.25, -0.2) is 0 Å². The minimum Gasteiger partial charge on any atom is -0.342 e. The molecule has 42 valence electrons. The Balaban J connectivity index is 2.93. The minimum absolute atomic E-state index is 0.574. The third-order valence-corrected chi connectivity index (χ3v) is 0.743. The molecule has 0 aliphatic rings. The second kappa shape index (κ2) is 1.78. The molecule has 0 aliphatic carbocycles. The molecule has 0 saturated heterocycles. The summed E-state index contributed by atoms with van der Waals surface area (Å²) in [4.78, 5) is 3.74. The Kier molecular flexibility index (Phi) is 1.12. The molecule has 0 radical (unpaired) electrons. The van der Waals surface area contributed by atoms with E-state index in [1.807, 2.05) is 6.92 Å². The Morgan fingerprint density at radius 3 is 2.88 bits per heavy atom. The van der Waals surface area contributed by atoms with Crippen molar-refractivity contribution in [2.24, 2.45) is 0 Å². The lowest BCUT2D eigenvalue weighted by atomic mass is 10.3. The molecule has 1 rings (SSSR count). The van der Waals surface area contributed by atoms with Gasteiger partial charge in [-0.2, -0.15) is 4.98 Å². The maximum Gasteiger partial charge on any atom is 0.214 e. The van der Waals surface area contributed by atoms with Gasteiger partial charge in [0, 0.05) is 0 Å². The van der Waals surface area contributed by atoms with E-state index >= 15 is 0 Å². The van der Waals surface area contributed by atoms with Gasteiger partial charge < -0.3 is 4.52 Å². The van der Waals surface area contributed by atoms with E-state index in [4.69, 9.17) is 0 Å². The predicted molar refractivity (Wildman–Crippen MR) is 29.0 cm³/mol. The molecule has 0 aromatic carbocycles. The molecule has 0 bridgehead atoms.